The summed E-state index contributed by atoms with van der Waals surface area (Å²) in [6.07, 6.45) is 4.25. The number of hydrogen-bond acceptors (Lipinski definition) is 5. The van der Waals surface area contributed by atoms with Gasteiger partial charge in [-0.1, -0.05) is 35.0 Å². The Bertz CT molecular complexity index is 1290. The summed E-state index contributed by atoms with van der Waals surface area (Å²) in [5, 5.41) is 3.35. The van der Waals surface area contributed by atoms with E-state index in [9.17, 15) is 9.59 Å². The molecule has 0 fully saturated rings. The molecular formula is C23H20BrN3O3S. The number of aryl methyl sites for hydroxylation is 2. The lowest BCUT2D eigenvalue weighted by Gasteiger charge is -2.08. The highest BCUT2D eigenvalue weighted by Gasteiger charge is 2.26. The Kier molecular flexibility index (Phi) is 5.93. The molecule has 3 aromatic heterocycles. The minimum atomic E-state index is -0.491. The van der Waals surface area contributed by atoms with Crippen molar-refractivity contribution < 1.29 is 14.3 Å². The first-order chi connectivity index (χ1) is 14.9. The number of esters is 1. The third-order valence-corrected chi connectivity index (χ3v) is 6.68. The summed E-state index contributed by atoms with van der Waals surface area (Å²) < 4.78 is 7.79. The van der Waals surface area contributed by atoms with E-state index < -0.39 is 5.97 Å². The van der Waals surface area contributed by atoms with Gasteiger partial charge in [-0.2, -0.15) is 0 Å². The molecule has 158 valence electrons. The molecule has 31 heavy (non-hydrogen) atoms. The number of nitrogens with one attached hydrogen (secondary N) is 1. The zero-order valence-corrected chi connectivity index (χ0v) is 19.6. The lowest BCUT2D eigenvalue weighted by atomic mass is 10.00. The number of anilines is 1. The summed E-state index contributed by atoms with van der Waals surface area (Å²) >= 11 is 4.82. The van der Waals surface area contributed by atoms with Gasteiger partial charge >= 0.3 is 5.97 Å². The molecule has 0 aliphatic rings. The first-order valence-corrected chi connectivity index (χ1v) is 11.3. The van der Waals surface area contributed by atoms with Gasteiger partial charge in [-0.15, -0.1) is 11.3 Å². The lowest BCUT2D eigenvalue weighted by Crippen LogP contribution is -2.14. The van der Waals surface area contributed by atoms with Crippen LogP contribution in [0.4, 0.5) is 5.00 Å². The van der Waals surface area contributed by atoms with Gasteiger partial charge in [-0.05, 0) is 48.7 Å². The number of pyridine rings is 1. The molecule has 0 saturated carbocycles. The Morgan fingerprint density at radius 1 is 1.23 bits per heavy atom. The van der Waals surface area contributed by atoms with Crippen LogP contribution in [0.15, 0.2) is 53.3 Å². The molecule has 0 atom stereocenters. The zero-order chi connectivity index (χ0) is 22.1. The minimum absolute atomic E-state index is 0.276. The summed E-state index contributed by atoms with van der Waals surface area (Å²) in [5.74, 6) is -0.868. The molecule has 1 aromatic carbocycles. The molecule has 4 rings (SSSR count). The second-order valence-corrected chi connectivity index (χ2v) is 9.03. The molecule has 4 aromatic rings. The van der Waals surface area contributed by atoms with Crippen molar-refractivity contribution in [2.24, 2.45) is 0 Å². The average molecular weight is 498 g/mol. The van der Waals surface area contributed by atoms with E-state index in [0.717, 1.165) is 26.0 Å². The van der Waals surface area contributed by atoms with Gasteiger partial charge in [-0.25, -0.2) is 9.78 Å². The van der Waals surface area contributed by atoms with Crippen molar-refractivity contribution >= 4 is 49.8 Å². The second-order valence-electron chi connectivity index (χ2n) is 7.01. The maximum absolute atomic E-state index is 13.0. The molecule has 6 nitrogen and oxygen atoms in total. The van der Waals surface area contributed by atoms with Crippen LogP contribution < -0.4 is 5.32 Å². The Morgan fingerprint density at radius 3 is 2.65 bits per heavy atom. The molecule has 1 amide bonds. The number of amides is 1. The van der Waals surface area contributed by atoms with Crippen LogP contribution in [-0.4, -0.2) is 28.4 Å². The third-order valence-electron chi connectivity index (χ3n) is 4.90. The first kappa shape index (κ1) is 21.3. The van der Waals surface area contributed by atoms with Gasteiger partial charge < -0.3 is 14.5 Å². The van der Waals surface area contributed by atoms with E-state index in [4.69, 9.17) is 4.74 Å². The number of benzene rings is 1. The normalized spacial score (nSPS) is 11.0. The van der Waals surface area contributed by atoms with Gasteiger partial charge in [0.05, 0.1) is 7.11 Å². The minimum Gasteiger partial charge on any atom is -0.465 e. The molecule has 0 saturated heterocycles. The van der Waals surface area contributed by atoms with Gasteiger partial charge in [0, 0.05) is 27.3 Å². The average Bonchev–Trinajstić information content (AvgIpc) is 3.34. The zero-order valence-electron chi connectivity index (χ0n) is 17.2. The number of carbonyl (C=O) groups is 2. The quantitative estimate of drug-likeness (QED) is 0.357. The maximum Gasteiger partial charge on any atom is 0.341 e. The van der Waals surface area contributed by atoms with E-state index in [0.29, 0.717) is 22.6 Å². The fraction of sp³-hybridized carbons (Fsp3) is 0.174. The van der Waals surface area contributed by atoms with Crippen LogP contribution in [0.1, 0.15) is 38.2 Å². The number of carbonyl (C=O) groups excluding carboxylic acids is 2. The van der Waals surface area contributed by atoms with Gasteiger partial charge in [0.15, 0.2) is 0 Å². The van der Waals surface area contributed by atoms with Crippen LogP contribution in [-0.2, 0) is 11.2 Å². The molecule has 0 aliphatic heterocycles. The Hall–Kier alpha value is -2.97. The predicted octanol–water partition coefficient (Wildman–Crippen LogP) is 5.74. The molecule has 0 unspecified atom stereocenters. The van der Waals surface area contributed by atoms with Crippen LogP contribution >= 0.6 is 27.3 Å². The van der Waals surface area contributed by atoms with Crippen molar-refractivity contribution in [2.75, 3.05) is 12.4 Å². The highest BCUT2D eigenvalue weighted by molar-refractivity contribution is 9.10. The molecular weight excluding hydrogens is 478 g/mol. The molecule has 8 heteroatoms. The van der Waals surface area contributed by atoms with Crippen LogP contribution in [0.5, 0.6) is 0 Å². The van der Waals surface area contributed by atoms with Crippen molar-refractivity contribution in [1.82, 2.24) is 9.38 Å². The van der Waals surface area contributed by atoms with Crippen molar-refractivity contribution in [2.45, 2.75) is 20.3 Å². The van der Waals surface area contributed by atoms with Gasteiger partial charge in [0.1, 0.15) is 21.9 Å². The number of thiophene rings is 1. The van der Waals surface area contributed by atoms with E-state index in [2.05, 4.69) is 26.2 Å². The van der Waals surface area contributed by atoms with Crippen molar-refractivity contribution in [1.29, 1.82) is 0 Å². The lowest BCUT2D eigenvalue weighted by molar-refractivity contribution is 0.0603. The van der Waals surface area contributed by atoms with Crippen molar-refractivity contribution in [3.8, 4) is 11.1 Å². The fourth-order valence-corrected chi connectivity index (χ4v) is 4.80. The molecule has 0 radical (unpaired) electrons. The summed E-state index contributed by atoms with van der Waals surface area (Å²) in [6, 6.07) is 11.6. The SMILES string of the molecule is CCc1sc(NC(=O)c2cn3ccc(C)cc3n2)c(C(=O)OC)c1-c1ccc(Br)cc1. The molecule has 0 aliphatic carbocycles. The number of halogens is 1. The molecule has 0 spiro atoms. The Balaban J connectivity index is 1.77. The number of fused-ring (bicyclic) bond motifs is 1. The van der Waals surface area contributed by atoms with Gasteiger partial charge in [-0.3, -0.25) is 4.79 Å². The van der Waals surface area contributed by atoms with E-state index in [1.807, 2.05) is 56.4 Å². The highest BCUT2D eigenvalue weighted by Crippen LogP contribution is 2.41. The van der Waals surface area contributed by atoms with Crippen LogP contribution in [0.25, 0.3) is 16.8 Å². The van der Waals surface area contributed by atoms with E-state index in [-0.39, 0.29) is 11.6 Å². The van der Waals surface area contributed by atoms with E-state index >= 15 is 0 Å². The summed E-state index contributed by atoms with van der Waals surface area (Å²) in [5.41, 5.74) is 4.06. The number of methoxy groups -OCH3 is 1. The molecule has 1 N–H and O–H groups in total. The first-order valence-electron chi connectivity index (χ1n) is 9.68. The fourth-order valence-electron chi connectivity index (χ4n) is 3.39. The van der Waals surface area contributed by atoms with Crippen molar-refractivity contribution in [3.05, 3.63) is 75.0 Å². The van der Waals surface area contributed by atoms with Gasteiger partial charge in [0.25, 0.3) is 5.91 Å². The summed E-state index contributed by atoms with van der Waals surface area (Å²) in [6.45, 7) is 3.99. The van der Waals surface area contributed by atoms with E-state index in [1.54, 1.807) is 10.6 Å². The Labute approximate surface area is 192 Å². The number of nitrogens with zero attached hydrogens (tertiary/aromatic N) is 2. The van der Waals surface area contributed by atoms with Gasteiger partial charge in [0.2, 0.25) is 0 Å². The monoisotopic (exact) mass is 497 g/mol. The molecule has 3 heterocycles. The molecule has 0 bridgehead atoms. The Morgan fingerprint density at radius 2 is 1.97 bits per heavy atom. The topological polar surface area (TPSA) is 72.7 Å². The van der Waals surface area contributed by atoms with Crippen molar-refractivity contribution in [3.63, 3.8) is 0 Å². The second kappa shape index (κ2) is 8.64. The van der Waals surface area contributed by atoms with Crippen LogP contribution in [0.2, 0.25) is 0 Å². The predicted molar refractivity (Wildman–Crippen MR) is 126 cm³/mol. The van der Waals surface area contributed by atoms with Crippen LogP contribution in [0.3, 0.4) is 0 Å². The number of hydrogen-bond donors (Lipinski definition) is 1. The number of rotatable bonds is 5. The number of imidazole rings is 1. The summed E-state index contributed by atoms with van der Waals surface area (Å²) in [7, 11) is 1.34. The van der Waals surface area contributed by atoms with Crippen LogP contribution in [0, 0.1) is 6.92 Å². The highest BCUT2D eigenvalue weighted by atomic mass is 79.9. The largest absolute Gasteiger partial charge is 0.465 e. The standard InChI is InChI=1S/C23H20BrN3O3S/c1-4-17-19(14-5-7-15(24)8-6-14)20(23(29)30-3)22(31-17)26-21(28)16-12-27-10-9-13(2)11-18(27)25-16/h5-12H,4H2,1-3H3,(H,26,28). The maximum atomic E-state index is 13.0. The number of ether oxygens (including phenoxy) is 1. The summed E-state index contributed by atoms with van der Waals surface area (Å²) in [4.78, 5) is 31.1. The smallest absolute Gasteiger partial charge is 0.341 e. The third kappa shape index (κ3) is 4.13. The van der Waals surface area contributed by atoms with E-state index in [1.165, 1.54) is 18.4 Å². The number of aromatic nitrogens is 2.